The van der Waals surface area contributed by atoms with Crippen LogP contribution in [0, 0.1) is 5.92 Å². The Morgan fingerprint density at radius 3 is 2.36 bits per heavy atom. The van der Waals surface area contributed by atoms with Crippen LogP contribution in [0.2, 0.25) is 0 Å². The summed E-state index contributed by atoms with van der Waals surface area (Å²) in [7, 11) is 0. The predicted molar refractivity (Wildman–Crippen MR) is 118 cm³/mol. The molecule has 0 aliphatic carbocycles. The summed E-state index contributed by atoms with van der Waals surface area (Å²) < 4.78 is 3.64. The van der Waals surface area contributed by atoms with Crippen molar-refractivity contribution < 1.29 is 0 Å². The molecule has 0 rings (SSSR count). The van der Waals surface area contributed by atoms with Crippen molar-refractivity contribution in [2.75, 3.05) is 5.75 Å². The van der Waals surface area contributed by atoms with Crippen molar-refractivity contribution >= 4 is 11.9 Å². The highest BCUT2D eigenvalue weighted by atomic mass is 32.2. The highest BCUT2D eigenvalue weighted by Crippen LogP contribution is 2.17. The van der Waals surface area contributed by atoms with E-state index < -0.39 is 0 Å². The fraction of sp³-hybridized carbons (Fsp3) is 0.636. The van der Waals surface area contributed by atoms with E-state index in [-0.39, 0.29) is 0 Å². The molecule has 3 unspecified atom stereocenters. The lowest BCUT2D eigenvalue weighted by molar-refractivity contribution is 0.362. The SMILES string of the molecule is C=C/C(=C\C=C/C)CSNC(CC)C(C)NC(CC(C)C)C(=C)CC. The Morgan fingerprint density at radius 2 is 1.88 bits per heavy atom. The van der Waals surface area contributed by atoms with E-state index in [4.69, 9.17) is 0 Å². The van der Waals surface area contributed by atoms with Gasteiger partial charge in [-0.15, -0.1) is 0 Å². The van der Waals surface area contributed by atoms with E-state index in [1.165, 1.54) is 11.1 Å². The van der Waals surface area contributed by atoms with Gasteiger partial charge in [-0.05, 0) is 44.6 Å². The third-order valence-corrected chi connectivity index (χ3v) is 5.35. The summed E-state index contributed by atoms with van der Waals surface area (Å²) in [4.78, 5) is 0. The van der Waals surface area contributed by atoms with Crippen LogP contribution in [0.3, 0.4) is 0 Å². The van der Waals surface area contributed by atoms with E-state index in [1.54, 1.807) is 11.9 Å². The molecular formula is C22H40N2S. The van der Waals surface area contributed by atoms with Crippen LogP contribution in [0.4, 0.5) is 0 Å². The van der Waals surface area contributed by atoms with E-state index in [2.05, 4.69) is 70.0 Å². The lowest BCUT2D eigenvalue weighted by Gasteiger charge is -2.31. The molecule has 144 valence electrons. The second-order valence-corrected chi connectivity index (χ2v) is 7.86. The molecule has 3 heteroatoms. The van der Waals surface area contributed by atoms with E-state index in [1.807, 2.05) is 19.1 Å². The zero-order valence-corrected chi connectivity index (χ0v) is 18.1. The van der Waals surface area contributed by atoms with Gasteiger partial charge in [0.1, 0.15) is 0 Å². The van der Waals surface area contributed by atoms with Gasteiger partial charge in [0.2, 0.25) is 0 Å². The van der Waals surface area contributed by atoms with Gasteiger partial charge in [-0.25, -0.2) is 0 Å². The number of hydrogen-bond donors (Lipinski definition) is 2. The molecule has 3 atom stereocenters. The first-order chi connectivity index (χ1) is 11.9. The molecule has 0 aromatic heterocycles. The highest BCUT2D eigenvalue weighted by molar-refractivity contribution is 7.97. The molecule has 0 aromatic rings. The smallest absolute Gasteiger partial charge is 0.0330 e. The Bertz CT molecular complexity index is 437. The Balaban J connectivity index is 4.64. The molecule has 0 bridgehead atoms. The second kappa shape index (κ2) is 14.4. The minimum Gasteiger partial charge on any atom is -0.306 e. The molecule has 2 nitrogen and oxygen atoms in total. The molecule has 0 aliphatic heterocycles. The Kier molecular flexibility index (Phi) is 14.0. The minimum absolute atomic E-state index is 0.399. The lowest BCUT2D eigenvalue weighted by atomic mass is 9.94. The Labute approximate surface area is 161 Å². The number of nitrogens with one attached hydrogen (secondary N) is 2. The van der Waals surface area contributed by atoms with E-state index in [0.29, 0.717) is 24.0 Å². The molecular weight excluding hydrogens is 324 g/mol. The summed E-state index contributed by atoms with van der Waals surface area (Å²) in [6, 6.07) is 1.23. The molecule has 0 aliphatic rings. The first-order valence-electron chi connectivity index (χ1n) is 9.64. The van der Waals surface area contributed by atoms with E-state index in [9.17, 15) is 0 Å². The van der Waals surface area contributed by atoms with Crippen LogP contribution < -0.4 is 10.0 Å². The number of hydrogen-bond acceptors (Lipinski definition) is 3. The van der Waals surface area contributed by atoms with Gasteiger partial charge in [0.15, 0.2) is 0 Å². The summed E-state index contributed by atoms with van der Waals surface area (Å²) in [5, 5.41) is 3.82. The van der Waals surface area contributed by atoms with Crippen LogP contribution in [-0.2, 0) is 0 Å². The summed E-state index contributed by atoms with van der Waals surface area (Å²) in [6.45, 7) is 21.5. The van der Waals surface area contributed by atoms with Crippen LogP contribution in [0.25, 0.3) is 0 Å². The average molecular weight is 365 g/mol. The molecule has 0 aromatic carbocycles. The summed E-state index contributed by atoms with van der Waals surface area (Å²) in [5.41, 5.74) is 2.55. The molecule has 2 N–H and O–H groups in total. The van der Waals surface area contributed by atoms with Crippen molar-refractivity contribution in [1.29, 1.82) is 0 Å². The van der Waals surface area contributed by atoms with Gasteiger partial charge in [0, 0.05) is 23.9 Å². The maximum absolute atomic E-state index is 4.28. The van der Waals surface area contributed by atoms with Crippen molar-refractivity contribution in [3.8, 4) is 0 Å². The van der Waals surface area contributed by atoms with Gasteiger partial charge < -0.3 is 5.32 Å². The molecule has 0 radical (unpaired) electrons. The molecule has 0 saturated carbocycles. The number of allylic oxidation sites excluding steroid dienone is 4. The van der Waals surface area contributed by atoms with Gasteiger partial charge >= 0.3 is 0 Å². The van der Waals surface area contributed by atoms with Crippen molar-refractivity contribution in [3.63, 3.8) is 0 Å². The van der Waals surface area contributed by atoms with E-state index in [0.717, 1.165) is 25.0 Å². The fourth-order valence-electron chi connectivity index (χ4n) is 2.67. The molecule has 0 heterocycles. The number of rotatable bonds is 14. The normalized spacial score (nSPS) is 16.2. The lowest BCUT2D eigenvalue weighted by Crippen LogP contribution is -2.48. The maximum atomic E-state index is 4.28. The quantitative estimate of drug-likeness (QED) is 0.223. The van der Waals surface area contributed by atoms with Crippen LogP contribution in [0.15, 0.2) is 48.6 Å². The largest absolute Gasteiger partial charge is 0.306 e. The zero-order valence-electron chi connectivity index (χ0n) is 17.3. The second-order valence-electron chi connectivity index (χ2n) is 7.04. The first-order valence-corrected chi connectivity index (χ1v) is 10.6. The fourth-order valence-corrected chi connectivity index (χ4v) is 3.72. The maximum Gasteiger partial charge on any atom is 0.0330 e. The Morgan fingerprint density at radius 1 is 1.20 bits per heavy atom. The third-order valence-electron chi connectivity index (χ3n) is 4.40. The molecule has 25 heavy (non-hydrogen) atoms. The topological polar surface area (TPSA) is 24.1 Å². The third kappa shape index (κ3) is 10.7. The molecule has 0 fully saturated rings. The van der Waals surface area contributed by atoms with Crippen LogP contribution in [0.1, 0.15) is 60.8 Å². The minimum atomic E-state index is 0.399. The molecule has 0 amide bonds. The van der Waals surface area contributed by atoms with Crippen LogP contribution >= 0.6 is 11.9 Å². The zero-order chi connectivity index (χ0) is 19.2. The first kappa shape index (κ1) is 24.2. The summed E-state index contributed by atoms with van der Waals surface area (Å²) in [5.74, 6) is 1.59. The van der Waals surface area contributed by atoms with Gasteiger partial charge in [-0.2, -0.15) is 0 Å². The summed E-state index contributed by atoms with van der Waals surface area (Å²) in [6.07, 6.45) is 11.4. The van der Waals surface area contributed by atoms with Gasteiger partial charge in [-0.3, -0.25) is 4.72 Å². The van der Waals surface area contributed by atoms with Crippen molar-refractivity contribution in [3.05, 3.63) is 48.6 Å². The monoisotopic (exact) mass is 364 g/mol. The van der Waals surface area contributed by atoms with Crippen LogP contribution in [0.5, 0.6) is 0 Å². The van der Waals surface area contributed by atoms with Gasteiger partial charge in [-0.1, -0.05) is 82.7 Å². The Hall–Kier alpha value is -0.770. The van der Waals surface area contributed by atoms with Crippen molar-refractivity contribution in [1.82, 2.24) is 10.0 Å². The van der Waals surface area contributed by atoms with Crippen molar-refractivity contribution in [2.24, 2.45) is 5.92 Å². The van der Waals surface area contributed by atoms with E-state index >= 15 is 0 Å². The summed E-state index contributed by atoms with van der Waals surface area (Å²) >= 11 is 1.77. The standard InChI is InChI=1S/C22H40N2S/c1-9-13-14-20(11-3)16-25-24-21(12-4)19(8)23-22(15-17(5)6)18(7)10-2/h9,11,13-14,17,19,21-24H,3,7,10,12,15-16H2,1-2,4-6,8H3/b13-9-,20-14+. The van der Waals surface area contributed by atoms with Crippen molar-refractivity contribution in [2.45, 2.75) is 78.9 Å². The average Bonchev–Trinajstić information content (AvgIpc) is 2.59. The van der Waals surface area contributed by atoms with Gasteiger partial charge in [0.25, 0.3) is 0 Å². The molecule has 0 spiro atoms. The van der Waals surface area contributed by atoms with Crippen LogP contribution in [-0.4, -0.2) is 23.9 Å². The molecule has 0 saturated heterocycles. The van der Waals surface area contributed by atoms with Gasteiger partial charge in [0.05, 0.1) is 0 Å². The highest BCUT2D eigenvalue weighted by Gasteiger charge is 2.21. The predicted octanol–water partition coefficient (Wildman–Crippen LogP) is 6.05.